The van der Waals surface area contributed by atoms with Crippen molar-refractivity contribution in [2.75, 3.05) is 32.0 Å². The zero-order valence-electron chi connectivity index (χ0n) is 11.2. The second kappa shape index (κ2) is 6.44. The molecule has 0 amide bonds. The van der Waals surface area contributed by atoms with Crippen molar-refractivity contribution < 1.29 is 5.11 Å². The first-order valence-corrected chi connectivity index (χ1v) is 8.28. The lowest BCUT2D eigenvalue weighted by molar-refractivity contribution is 0.0414. The summed E-state index contributed by atoms with van der Waals surface area (Å²) in [6.45, 7) is 6.30. The molecular formula is C14H27NOS. The highest BCUT2D eigenvalue weighted by molar-refractivity contribution is 8.00. The van der Waals surface area contributed by atoms with Gasteiger partial charge in [-0.2, -0.15) is 11.8 Å². The molecule has 1 unspecified atom stereocenters. The van der Waals surface area contributed by atoms with Crippen LogP contribution >= 0.6 is 11.8 Å². The van der Waals surface area contributed by atoms with Crippen LogP contribution in [0.1, 0.15) is 45.4 Å². The first-order chi connectivity index (χ1) is 8.28. The van der Waals surface area contributed by atoms with E-state index in [0.717, 1.165) is 11.8 Å². The Hall–Kier alpha value is 0.270. The Morgan fingerprint density at radius 1 is 1.29 bits per heavy atom. The maximum Gasteiger partial charge on any atom is 0.0499 e. The fourth-order valence-corrected chi connectivity index (χ4v) is 4.56. The Labute approximate surface area is 110 Å². The number of aliphatic hydroxyl groups excluding tert-OH is 1. The van der Waals surface area contributed by atoms with Crippen molar-refractivity contribution in [2.45, 2.75) is 50.7 Å². The van der Waals surface area contributed by atoms with Crippen LogP contribution in [0.25, 0.3) is 0 Å². The molecule has 2 aliphatic rings. The zero-order chi connectivity index (χ0) is 12.1. The van der Waals surface area contributed by atoms with E-state index in [0.29, 0.717) is 6.61 Å². The van der Waals surface area contributed by atoms with Gasteiger partial charge in [0.1, 0.15) is 0 Å². The van der Waals surface area contributed by atoms with Crippen LogP contribution in [0.5, 0.6) is 0 Å². The molecule has 2 fully saturated rings. The summed E-state index contributed by atoms with van der Waals surface area (Å²) in [5, 5.41) is 10.6. The quantitative estimate of drug-likeness (QED) is 0.838. The average Bonchev–Trinajstić information content (AvgIpc) is 2.40. The first-order valence-electron chi connectivity index (χ1n) is 7.23. The summed E-state index contributed by atoms with van der Waals surface area (Å²) in [6.07, 6.45) is 7.77. The fourth-order valence-electron chi connectivity index (χ4n) is 3.31. The van der Waals surface area contributed by atoms with E-state index in [4.69, 9.17) is 0 Å². The van der Waals surface area contributed by atoms with E-state index >= 15 is 0 Å². The van der Waals surface area contributed by atoms with E-state index in [-0.39, 0.29) is 5.41 Å². The topological polar surface area (TPSA) is 23.5 Å². The highest BCUT2D eigenvalue weighted by Crippen LogP contribution is 2.37. The van der Waals surface area contributed by atoms with Crippen molar-refractivity contribution in [3.8, 4) is 0 Å². The number of rotatable bonds is 4. The molecule has 0 aromatic heterocycles. The van der Waals surface area contributed by atoms with E-state index in [1.165, 1.54) is 57.4 Å². The Kier molecular flexibility index (Phi) is 5.19. The van der Waals surface area contributed by atoms with Gasteiger partial charge in [-0.05, 0) is 19.3 Å². The molecule has 3 heteroatoms. The number of hydrogen-bond acceptors (Lipinski definition) is 3. The SMILES string of the molecule is CCC1CN(CC2(CO)CCCCC2)CCS1. The van der Waals surface area contributed by atoms with Gasteiger partial charge < -0.3 is 10.0 Å². The summed E-state index contributed by atoms with van der Waals surface area (Å²) in [5.41, 5.74) is 0.235. The van der Waals surface area contributed by atoms with Crippen molar-refractivity contribution in [3.63, 3.8) is 0 Å². The Morgan fingerprint density at radius 2 is 2.06 bits per heavy atom. The Bertz CT molecular complexity index is 228. The molecule has 0 radical (unpaired) electrons. The smallest absolute Gasteiger partial charge is 0.0499 e. The normalized spacial score (nSPS) is 30.4. The highest BCUT2D eigenvalue weighted by Gasteiger charge is 2.34. The lowest BCUT2D eigenvalue weighted by atomic mass is 9.74. The molecule has 0 bridgehead atoms. The molecule has 1 aliphatic carbocycles. The third kappa shape index (κ3) is 3.62. The molecule has 0 aromatic rings. The van der Waals surface area contributed by atoms with Crippen LogP contribution in [-0.4, -0.2) is 47.3 Å². The van der Waals surface area contributed by atoms with Gasteiger partial charge in [0.25, 0.3) is 0 Å². The average molecular weight is 257 g/mol. The van der Waals surface area contributed by atoms with Gasteiger partial charge in [0, 0.05) is 42.7 Å². The molecule has 1 aliphatic heterocycles. The molecule has 2 nitrogen and oxygen atoms in total. The van der Waals surface area contributed by atoms with Crippen molar-refractivity contribution in [1.29, 1.82) is 0 Å². The van der Waals surface area contributed by atoms with Gasteiger partial charge in [-0.3, -0.25) is 0 Å². The maximum absolute atomic E-state index is 9.76. The largest absolute Gasteiger partial charge is 0.396 e. The predicted octanol–water partition coefficient (Wildman–Crippen LogP) is 2.76. The zero-order valence-corrected chi connectivity index (χ0v) is 12.0. The monoisotopic (exact) mass is 257 g/mol. The van der Waals surface area contributed by atoms with Crippen molar-refractivity contribution >= 4 is 11.8 Å². The molecule has 1 heterocycles. The summed E-state index contributed by atoms with van der Waals surface area (Å²) in [5.74, 6) is 1.28. The minimum absolute atomic E-state index is 0.235. The molecule has 0 spiro atoms. The summed E-state index contributed by atoms with van der Waals surface area (Å²) in [4.78, 5) is 2.62. The van der Waals surface area contributed by atoms with Crippen LogP contribution in [0.3, 0.4) is 0 Å². The Balaban J connectivity index is 1.88. The van der Waals surface area contributed by atoms with E-state index in [2.05, 4.69) is 23.6 Å². The van der Waals surface area contributed by atoms with Gasteiger partial charge in [-0.15, -0.1) is 0 Å². The summed E-state index contributed by atoms with van der Waals surface area (Å²) >= 11 is 2.13. The summed E-state index contributed by atoms with van der Waals surface area (Å²) in [6, 6.07) is 0. The molecule has 1 N–H and O–H groups in total. The van der Waals surface area contributed by atoms with Gasteiger partial charge >= 0.3 is 0 Å². The van der Waals surface area contributed by atoms with E-state index in [9.17, 15) is 5.11 Å². The van der Waals surface area contributed by atoms with E-state index in [1.54, 1.807) is 0 Å². The lowest BCUT2D eigenvalue weighted by Gasteiger charge is -2.42. The van der Waals surface area contributed by atoms with Crippen molar-refractivity contribution in [2.24, 2.45) is 5.41 Å². The Morgan fingerprint density at radius 3 is 2.71 bits per heavy atom. The second-order valence-corrected chi connectivity index (χ2v) is 7.26. The lowest BCUT2D eigenvalue weighted by Crippen LogP contribution is -2.46. The van der Waals surface area contributed by atoms with Gasteiger partial charge in [0.15, 0.2) is 0 Å². The maximum atomic E-state index is 9.76. The van der Waals surface area contributed by atoms with Crippen molar-refractivity contribution in [1.82, 2.24) is 4.90 Å². The minimum atomic E-state index is 0.235. The summed E-state index contributed by atoms with van der Waals surface area (Å²) < 4.78 is 0. The number of hydrogen-bond donors (Lipinski definition) is 1. The van der Waals surface area contributed by atoms with E-state index in [1.807, 2.05) is 0 Å². The van der Waals surface area contributed by atoms with E-state index < -0.39 is 0 Å². The molecule has 2 rings (SSSR count). The summed E-state index contributed by atoms with van der Waals surface area (Å²) in [7, 11) is 0. The second-order valence-electron chi connectivity index (χ2n) is 5.85. The van der Waals surface area contributed by atoms with Crippen LogP contribution < -0.4 is 0 Å². The highest BCUT2D eigenvalue weighted by atomic mass is 32.2. The molecular weight excluding hydrogens is 230 g/mol. The number of nitrogens with zero attached hydrogens (tertiary/aromatic N) is 1. The standard InChI is InChI=1S/C14H27NOS/c1-2-13-10-15(8-9-17-13)11-14(12-16)6-4-3-5-7-14/h13,16H,2-12H2,1H3. The number of aliphatic hydroxyl groups is 1. The fraction of sp³-hybridized carbons (Fsp3) is 1.00. The van der Waals surface area contributed by atoms with Crippen LogP contribution in [0, 0.1) is 5.41 Å². The number of thioether (sulfide) groups is 1. The van der Waals surface area contributed by atoms with Crippen LogP contribution in [-0.2, 0) is 0 Å². The molecule has 0 aromatic carbocycles. The van der Waals surface area contributed by atoms with Gasteiger partial charge in [0.2, 0.25) is 0 Å². The molecule has 100 valence electrons. The van der Waals surface area contributed by atoms with Gasteiger partial charge in [-0.1, -0.05) is 26.2 Å². The van der Waals surface area contributed by atoms with Crippen molar-refractivity contribution in [3.05, 3.63) is 0 Å². The van der Waals surface area contributed by atoms with Crippen LogP contribution in [0.4, 0.5) is 0 Å². The molecule has 17 heavy (non-hydrogen) atoms. The third-order valence-corrected chi connectivity index (χ3v) is 5.86. The minimum Gasteiger partial charge on any atom is -0.396 e. The van der Waals surface area contributed by atoms with Gasteiger partial charge in [-0.25, -0.2) is 0 Å². The predicted molar refractivity (Wildman–Crippen MR) is 75.6 cm³/mol. The molecule has 1 saturated carbocycles. The first kappa shape index (κ1) is 13.7. The molecule has 1 atom stereocenters. The van der Waals surface area contributed by atoms with Crippen LogP contribution in [0.2, 0.25) is 0 Å². The molecule has 1 saturated heterocycles. The van der Waals surface area contributed by atoms with Gasteiger partial charge in [0.05, 0.1) is 0 Å². The third-order valence-electron chi connectivity index (χ3n) is 4.49. The van der Waals surface area contributed by atoms with Crippen LogP contribution in [0.15, 0.2) is 0 Å².